The molecule has 0 aromatic rings. The zero-order valence-electron chi connectivity index (χ0n) is 9.29. The lowest BCUT2D eigenvalue weighted by Gasteiger charge is -2.26. The van der Waals surface area contributed by atoms with Crippen molar-refractivity contribution < 1.29 is 0 Å². The van der Waals surface area contributed by atoms with Gasteiger partial charge in [0.15, 0.2) is 0 Å². The Morgan fingerprint density at radius 1 is 1.64 bits per heavy atom. The minimum atomic E-state index is -0.652. The molecule has 14 heavy (non-hydrogen) atoms. The van der Waals surface area contributed by atoms with Gasteiger partial charge in [-0.3, -0.25) is 0 Å². The molecule has 0 radical (unpaired) electrons. The third-order valence-electron chi connectivity index (χ3n) is 3.14. The van der Waals surface area contributed by atoms with Gasteiger partial charge in [-0.15, -0.1) is 0 Å². The van der Waals surface area contributed by atoms with Crippen molar-refractivity contribution in [3.8, 4) is 6.07 Å². The van der Waals surface area contributed by atoms with Gasteiger partial charge in [-0.1, -0.05) is 6.92 Å². The summed E-state index contributed by atoms with van der Waals surface area (Å²) in [5.41, 5.74) is 5.14. The van der Waals surface area contributed by atoms with Crippen LogP contribution >= 0.6 is 0 Å². The quantitative estimate of drug-likeness (QED) is 0.739. The van der Waals surface area contributed by atoms with E-state index >= 15 is 0 Å². The van der Waals surface area contributed by atoms with Crippen LogP contribution in [0.25, 0.3) is 0 Å². The van der Waals surface area contributed by atoms with Crippen LogP contribution in [0, 0.1) is 11.3 Å². The van der Waals surface area contributed by atoms with Crippen LogP contribution in [0.1, 0.15) is 39.5 Å². The minimum Gasteiger partial charge on any atom is -0.314 e. The third-order valence-corrected chi connectivity index (χ3v) is 3.14. The van der Waals surface area contributed by atoms with Crippen LogP contribution < -0.4 is 5.73 Å². The van der Waals surface area contributed by atoms with Crippen molar-refractivity contribution in [3.05, 3.63) is 0 Å². The molecule has 0 saturated carbocycles. The van der Waals surface area contributed by atoms with Crippen LogP contribution in [0.3, 0.4) is 0 Å². The maximum atomic E-state index is 8.80. The fraction of sp³-hybridized carbons (Fsp3) is 0.909. The number of nitrogens with zero attached hydrogens (tertiary/aromatic N) is 2. The largest absolute Gasteiger partial charge is 0.314 e. The molecular formula is C11H21N3. The van der Waals surface area contributed by atoms with E-state index in [4.69, 9.17) is 11.0 Å². The Morgan fingerprint density at radius 3 is 2.93 bits per heavy atom. The van der Waals surface area contributed by atoms with Crippen LogP contribution in [0.4, 0.5) is 0 Å². The first-order valence-electron chi connectivity index (χ1n) is 5.53. The molecule has 0 aromatic carbocycles. The van der Waals surface area contributed by atoms with Crippen molar-refractivity contribution in [2.75, 3.05) is 13.1 Å². The molecule has 3 nitrogen and oxygen atoms in total. The highest BCUT2D eigenvalue weighted by molar-refractivity contribution is 5.01. The Hall–Kier alpha value is -0.590. The second kappa shape index (κ2) is 4.77. The number of rotatable bonds is 4. The maximum Gasteiger partial charge on any atom is 0.102 e. The standard InChI is InChI=1S/C11H21N3/c1-3-10-5-4-7-14(10)8-6-11(2,13)9-12/h10H,3-8,13H2,1-2H3. The number of likely N-dealkylation sites (tertiary alicyclic amines) is 1. The van der Waals surface area contributed by atoms with Gasteiger partial charge in [-0.25, -0.2) is 0 Å². The highest BCUT2D eigenvalue weighted by Gasteiger charge is 2.25. The highest BCUT2D eigenvalue weighted by Crippen LogP contribution is 2.20. The van der Waals surface area contributed by atoms with E-state index in [1.165, 1.54) is 25.8 Å². The molecule has 1 saturated heterocycles. The summed E-state index contributed by atoms with van der Waals surface area (Å²) in [6.45, 7) is 6.19. The molecule has 0 aromatic heterocycles. The van der Waals surface area contributed by atoms with Crippen molar-refractivity contribution in [2.45, 2.75) is 51.1 Å². The summed E-state index contributed by atoms with van der Waals surface area (Å²) in [5.74, 6) is 0. The van der Waals surface area contributed by atoms with Crippen molar-refractivity contribution in [1.29, 1.82) is 5.26 Å². The Balaban J connectivity index is 2.35. The molecule has 3 heteroatoms. The Morgan fingerprint density at radius 2 is 2.36 bits per heavy atom. The van der Waals surface area contributed by atoms with Crippen molar-refractivity contribution in [3.63, 3.8) is 0 Å². The molecule has 1 rings (SSSR count). The van der Waals surface area contributed by atoms with Gasteiger partial charge in [-0.2, -0.15) is 5.26 Å². The van der Waals surface area contributed by atoms with Gasteiger partial charge in [0.1, 0.15) is 5.54 Å². The monoisotopic (exact) mass is 195 g/mol. The first-order valence-corrected chi connectivity index (χ1v) is 5.53. The average Bonchev–Trinajstić information content (AvgIpc) is 2.62. The smallest absolute Gasteiger partial charge is 0.102 e. The molecule has 1 aliphatic heterocycles. The highest BCUT2D eigenvalue weighted by atomic mass is 15.2. The van der Waals surface area contributed by atoms with E-state index < -0.39 is 5.54 Å². The van der Waals surface area contributed by atoms with Crippen LogP contribution in [0.5, 0.6) is 0 Å². The Kier molecular flexibility index (Phi) is 3.91. The van der Waals surface area contributed by atoms with Gasteiger partial charge in [0, 0.05) is 12.6 Å². The normalized spacial score (nSPS) is 27.1. The van der Waals surface area contributed by atoms with Crippen molar-refractivity contribution in [1.82, 2.24) is 4.90 Å². The molecular weight excluding hydrogens is 174 g/mol. The van der Waals surface area contributed by atoms with Gasteiger partial charge in [0.25, 0.3) is 0 Å². The lowest BCUT2D eigenvalue weighted by Crippen LogP contribution is -2.40. The molecule has 0 spiro atoms. The topological polar surface area (TPSA) is 53.0 Å². The van der Waals surface area contributed by atoms with E-state index in [9.17, 15) is 0 Å². The second-order valence-corrected chi connectivity index (χ2v) is 4.52. The summed E-state index contributed by atoms with van der Waals surface area (Å²) in [6.07, 6.45) is 4.60. The number of nitrogens with two attached hydrogens (primary N) is 1. The van der Waals surface area contributed by atoms with Crippen LogP contribution in [0.15, 0.2) is 0 Å². The molecule has 80 valence electrons. The molecule has 2 unspecified atom stereocenters. The molecule has 0 aliphatic carbocycles. The molecule has 1 aliphatic rings. The predicted molar refractivity (Wildman–Crippen MR) is 57.7 cm³/mol. The average molecular weight is 195 g/mol. The van der Waals surface area contributed by atoms with Gasteiger partial charge in [0.05, 0.1) is 6.07 Å². The summed E-state index contributed by atoms with van der Waals surface area (Å²) in [6, 6.07) is 2.88. The van der Waals surface area contributed by atoms with Crippen LogP contribution in [-0.4, -0.2) is 29.6 Å². The third kappa shape index (κ3) is 2.97. The summed E-state index contributed by atoms with van der Waals surface area (Å²) < 4.78 is 0. The van der Waals surface area contributed by atoms with E-state index in [-0.39, 0.29) is 0 Å². The van der Waals surface area contributed by atoms with E-state index in [1.807, 2.05) is 6.92 Å². The fourth-order valence-corrected chi connectivity index (χ4v) is 2.08. The zero-order valence-corrected chi connectivity index (χ0v) is 9.29. The zero-order chi connectivity index (χ0) is 10.6. The molecule has 2 N–H and O–H groups in total. The lowest BCUT2D eigenvalue weighted by atomic mass is 10.0. The molecule has 0 bridgehead atoms. The number of nitriles is 1. The molecule has 0 amide bonds. The Labute approximate surface area is 86.9 Å². The van der Waals surface area contributed by atoms with Crippen LogP contribution in [-0.2, 0) is 0 Å². The van der Waals surface area contributed by atoms with Gasteiger partial charge >= 0.3 is 0 Å². The fourth-order valence-electron chi connectivity index (χ4n) is 2.08. The number of hydrogen-bond donors (Lipinski definition) is 1. The van der Waals surface area contributed by atoms with E-state index in [2.05, 4.69) is 17.9 Å². The maximum absolute atomic E-state index is 8.80. The number of hydrogen-bond acceptors (Lipinski definition) is 3. The SMILES string of the molecule is CCC1CCCN1CCC(C)(N)C#N. The van der Waals surface area contributed by atoms with Gasteiger partial charge in [0.2, 0.25) is 0 Å². The second-order valence-electron chi connectivity index (χ2n) is 4.52. The van der Waals surface area contributed by atoms with Crippen LogP contribution in [0.2, 0.25) is 0 Å². The summed E-state index contributed by atoms with van der Waals surface area (Å²) in [7, 11) is 0. The summed E-state index contributed by atoms with van der Waals surface area (Å²) in [5, 5.41) is 8.80. The van der Waals surface area contributed by atoms with Crippen molar-refractivity contribution >= 4 is 0 Å². The molecule has 2 atom stereocenters. The van der Waals surface area contributed by atoms with E-state index in [0.717, 1.165) is 19.0 Å². The van der Waals surface area contributed by atoms with Crippen molar-refractivity contribution in [2.24, 2.45) is 5.73 Å². The van der Waals surface area contributed by atoms with E-state index in [0.29, 0.717) is 0 Å². The lowest BCUT2D eigenvalue weighted by molar-refractivity contribution is 0.233. The van der Waals surface area contributed by atoms with Gasteiger partial charge in [-0.05, 0) is 39.2 Å². The van der Waals surface area contributed by atoms with Gasteiger partial charge < -0.3 is 10.6 Å². The first-order chi connectivity index (χ1) is 6.59. The molecule has 1 heterocycles. The van der Waals surface area contributed by atoms with E-state index in [1.54, 1.807) is 0 Å². The predicted octanol–water partition coefficient (Wildman–Crippen LogP) is 1.49. The molecule has 1 fully saturated rings. The Bertz CT molecular complexity index is 217. The summed E-state index contributed by atoms with van der Waals surface area (Å²) in [4.78, 5) is 2.47. The minimum absolute atomic E-state index is 0.652. The summed E-state index contributed by atoms with van der Waals surface area (Å²) >= 11 is 0. The first kappa shape index (κ1) is 11.5.